The van der Waals surface area contributed by atoms with Crippen molar-refractivity contribution in [1.29, 1.82) is 0 Å². The standard InChI is InChI=1S/C26H28N6O2/c1-3-4-5-10-15-32-25(33)19-12-7-6-11-18(19)22(29-32)26(34)31-17-16-30(2)23-24(31)28-21-14-9-8-13-20(21)27-23/h6-9,11-14H,3-5,10,15-17H2,1-2H3. The molecule has 0 N–H and O–H groups in total. The zero-order valence-corrected chi connectivity index (χ0v) is 19.6. The van der Waals surface area contributed by atoms with E-state index < -0.39 is 0 Å². The Balaban J connectivity index is 1.60. The van der Waals surface area contributed by atoms with Gasteiger partial charge in [-0.1, -0.05) is 56.5 Å². The summed E-state index contributed by atoms with van der Waals surface area (Å²) in [7, 11) is 1.95. The summed E-state index contributed by atoms with van der Waals surface area (Å²) in [4.78, 5) is 40.2. The Labute approximate surface area is 197 Å². The number of rotatable bonds is 6. The molecule has 4 aromatic rings. The Morgan fingerprint density at radius 1 is 0.882 bits per heavy atom. The molecule has 0 atom stereocenters. The first-order valence-electron chi connectivity index (χ1n) is 11.9. The fourth-order valence-electron chi connectivity index (χ4n) is 4.44. The highest BCUT2D eigenvalue weighted by Gasteiger charge is 2.31. The summed E-state index contributed by atoms with van der Waals surface area (Å²) >= 11 is 0. The number of likely N-dealkylation sites (N-methyl/N-ethyl adjacent to an activating group) is 1. The van der Waals surface area contributed by atoms with Crippen LogP contribution in [0, 0.1) is 0 Å². The minimum absolute atomic E-state index is 0.159. The van der Waals surface area contributed by atoms with Gasteiger partial charge in [-0.3, -0.25) is 14.5 Å². The van der Waals surface area contributed by atoms with E-state index in [0.717, 1.165) is 36.7 Å². The summed E-state index contributed by atoms with van der Waals surface area (Å²) < 4.78 is 1.45. The van der Waals surface area contributed by atoms with E-state index in [9.17, 15) is 9.59 Å². The smallest absolute Gasteiger partial charge is 0.280 e. The Kier molecular flexibility index (Phi) is 5.96. The maximum Gasteiger partial charge on any atom is 0.280 e. The number of hydrogen-bond donors (Lipinski definition) is 0. The molecule has 3 heterocycles. The first-order chi connectivity index (χ1) is 16.6. The van der Waals surface area contributed by atoms with Crippen LogP contribution in [0.1, 0.15) is 43.1 Å². The first kappa shape index (κ1) is 22.0. The van der Waals surface area contributed by atoms with Gasteiger partial charge in [0.05, 0.1) is 16.4 Å². The Bertz CT molecular complexity index is 1430. The number of para-hydroxylation sites is 2. The third kappa shape index (κ3) is 3.89. The second kappa shape index (κ2) is 9.21. The summed E-state index contributed by atoms with van der Waals surface area (Å²) in [5.41, 5.74) is 1.63. The molecule has 8 nitrogen and oxygen atoms in total. The fourth-order valence-corrected chi connectivity index (χ4v) is 4.44. The average Bonchev–Trinajstić information content (AvgIpc) is 2.87. The SMILES string of the molecule is CCCCCCn1nc(C(=O)N2CCN(C)c3nc4ccccc4nc32)c2ccccc2c1=O. The predicted molar refractivity (Wildman–Crippen MR) is 135 cm³/mol. The molecule has 5 rings (SSSR count). The summed E-state index contributed by atoms with van der Waals surface area (Å²) in [6.45, 7) is 3.73. The van der Waals surface area contributed by atoms with Crippen LogP contribution in [0.4, 0.5) is 11.6 Å². The van der Waals surface area contributed by atoms with Gasteiger partial charge in [0.1, 0.15) is 0 Å². The predicted octanol–water partition coefficient (Wildman–Crippen LogP) is 4.02. The minimum Gasteiger partial charge on any atom is -0.355 e. The van der Waals surface area contributed by atoms with Crippen LogP contribution in [0.15, 0.2) is 53.3 Å². The molecule has 174 valence electrons. The van der Waals surface area contributed by atoms with E-state index in [1.165, 1.54) is 4.68 Å². The number of hydrogen-bond acceptors (Lipinski definition) is 6. The molecule has 0 unspecified atom stereocenters. The summed E-state index contributed by atoms with van der Waals surface area (Å²) in [5, 5.41) is 5.65. The van der Waals surface area contributed by atoms with E-state index in [1.807, 2.05) is 48.3 Å². The number of aromatic nitrogens is 4. The number of aryl methyl sites for hydroxylation is 1. The van der Waals surface area contributed by atoms with E-state index in [4.69, 9.17) is 9.97 Å². The third-order valence-electron chi connectivity index (χ3n) is 6.35. The largest absolute Gasteiger partial charge is 0.355 e. The molecular formula is C26H28N6O2. The molecule has 1 aliphatic heterocycles. The van der Waals surface area contributed by atoms with Crippen molar-refractivity contribution in [2.24, 2.45) is 0 Å². The van der Waals surface area contributed by atoms with Gasteiger partial charge in [-0.15, -0.1) is 0 Å². The summed E-state index contributed by atoms with van der Waals surface area (Å²) in [5.74, 6) is 0.914. The van der Waals surface area contributed by atoms with Crippen LogP contribution in [0.25, 0.3) is 21.8 Å². The second-order valence-corrected chi connectivity index (χ2v) is 8.72. The maximum absolute atomic E-state index is 13.9. The first-order valence-corrected chi connectivity index (χ1v) is 11.9. The van der Waals surface area contributed by atoms with Crippen molar-refractivity contribution in [3.63, 3.8) is 0 Å². The quantitative estimate of drug-likeness (QED) is 0.408. The number of unbranched alkanes of at least 4 members (excludes halogenated alkanes) is 3. The number of fused-ring (bicyclic) bond motifs is 3. The van der Waals surface area contributed by atoms with Crippen LogP contribution >= 0.6 is 0 Å². The number of anilines is 2. The number of amides is 1. The highest BCUT2D eigenvalue weighted by atomic mass is 16.2. The molecule has 0 saturated carbocycles. The van der Waals surface area contributed by atoms with E-state index in [-0.39, 0.29) is 17.2 Å². The maximum atomic E-state index is 13.9. The van der Waals surface area contributed by atoms with Crippen LogP contribution in [0.5, 0.6) is 0 Å². The Morgan fingerprint density at radius 3 is 2.29 bits per heavy atom. The van der Waals surface area contributed by atoms with Crippen LogP contribution < -0.4 is 15.4 Å². The van der Waals surface area contributed by atoms with Crippen molar-refractivity contribution < 1.29 is 4.79 Å². The number of carbonyl (C=O) groups excluding carboxylic acids is 1. The molecule has 0 fully saturated rings. The van der Waals surface area contributed by atoms with E-state index in [1.54, 1.807) is 17.0 Å². The number of benzene rings is 2. The van der Waals surface area contributed by atoms with Gasteiger partial charge in [0.25, 0.3) is 11.5 Å². The van der Waals surface area contributed by atoms with Crippen molar-refractivity contribution >= 4 is 39.3 Å². The summed E-state index contributed by atoms with van der Waals surface area (Å²) in [6.07, 6.45) is 4.10. The molecular weight excluding hydrogens is 428 g/mol. The molecule has 34 heavy (non-hydrogen) atoms. The lowest BCUT2D eigenvalue weighted by Crippen LogP contribution is -2.44. The number of carbonyl (C=O) groups is 1. The van der Waals surface area contributed by atoms with Gasteiger partial charge in [0.2, 0.25) is 0 Å². The van der Waals surface area contributed by atoms with E-state index >= 15 is 0 Å². The van der Waals surface area contributed by atoms with Gasteiger partial charge in [0.15, 0.2) is 17.3 Å². The van der Waals surface area contributed by atoms with Gasteiger partial charge in [-0.25, -0.2) is 14.6 Å². The molecule has 0 aliphatic carbocycles. The molecule has 1 aliphatic rings. The fraction of sp³-hybridized carbons (Fsp3) is 0.346. The zero-order valence-electron chi connectivity index (χ0n) is 19.6. The molecule has 1 amide bonds. The normalized spacial score (nSPS) is 13.5. The molecule has 0 spiro atoms. The van der Waals surface area contributed by atoms with Gasteiger partial charge >= 0.3 is 0 Å². The molecule has 2 aromatic heterocycles. The molecule has 8 heteroatoms. The second-order valence-electron chi connectivity index (χ2n) is 8.72. The average molecular weight is 457 g/mol. The minimum atomic E-state index is -0.266. The van der Waals surface area contributed by atoms with Gasteiger partial charge in [0, 0.05) is 32.1 Å². The van der Waals surface area contributed by atoms with Crippen LogP contribution in [0.3, 0.4) is 0 Å². The van der Waals surface area contributed by atoms with E-state index in [0.29, 0.717) is 42.0 Å². The summed E-state index contributed by atoms with van der Waals surface area (Å²) in [6, 6.07) is 14.9. The lowest BCUT2D eigenvalue weighted by molar-refractivity contribution is 0.0980. The lowest BCUT2D eigenvalue weighted by Gasteiger charge is -2.33. The zero-order chi connectivity index (χ0) is 23.7. The monoisotopic (exact) mass is 456 g/mol. The van der Waals surface area contributed by atoms with Crippen LogP contribution in [-0.4, -0.2) is 45.8 Å². The topological polar surface area (TPSA) is 84.2 Å². The van der Waals surface area contributed by atoms with Crippen molar-refractivity contribution in [3.8, 4) is 0 Å². The Morgan fingerprint density at radius 2 is 1.56 bits per heavy atom. The molecule has 0 radical (unpaired) electrons. The van der Waals surface area contributed by atoms with Crippen molar-refractivity contribution in [2.75, 3.05) is 29.9 Å². The molecule has 0 bridgehead atoms. The molecule has 2 aromatic carbocycles. The van der Waals surface area contributed by atoms with Crippen molar-refractivity contribution in [1.82, 2.24) is 19.7 Å². The third-order valence-corrected chi connectivity index (χ3v) is 6.35. The van der Waals surface area contributed by atoms with Crippen LogP contribution in [0.2, 0.25) is 0 Å². The van der Waals surface area contributed by atoms with Gasteiger partial charge in [-0.2, -0.15) is 5.10 Å². The van der Waals surface area contributed by atoms with E-state index in [2.05, 4.69) is 12.0 Å². The molecule has 0 saturated heterocycles. The highest BCUT2D eigenvalue weighted by Crippen LogP contribution is 2.32. The van der Waals surface area contributed by atoms with Gasteiger partial charge in [-0.05, 0) is 24.6 Å². The van der Waals surface area contributed by atoms with Crippen molar-refractivity contribution in [2.45, 2.75) is 39.2 Å². The Hall–Kier alpha value is -3.81. The number of nitrogens with zero attached hydrogens (tertiary/aromatic N) is 6. The van der Waals surface area contributed by atoms with Gasteiger partial charge < -0.3 is 4.90 Å². The highest BCUT2D eigenvalue weighted by molar-refractivity contribution is 6.13. The lowest BCUT2D eigenvalue weighted by atomic mass is 10.1. The van der Waals surface area contributed by atoms with Crippen LogP contribution in [-0.2, 0) is 6.54 Å². The van der Waals surface area contributed by atoms with Crippen molar-refractivity contribution in [3.05, 3.63) is 64.6 Å².